The van der Waals surface area contributed by atoms with Crippen LogP contribution in [0.2, 0.25) is 0 Å². The average molecular weight is 1310 g/mol. The minimum atomic E-state index is -4.95. The molecule has 0 aliphatic carbocycles. The highest BCUT2D eigenvalue weighted by molar-refractivity contribution is 7.47. The summed E-state index contributed by atoms with van der Waals surface area (Å²) in [5.74, 6) is -0.662. The molecule has 2 unspecified atom stereocenters. The van der Waals surface area contributed by atoms with Gasteiger partial charge in [-0.15, -0.1) is 0 Å². The van der Waals surface area contributed by atoms with Crippen LogP contribution in [0.1, 0.15) is 356 Å². The van der Waals surface area contributed by atoms with Gasteiger partial charge in [0, 0.05) is 25.7 Å². The third-order valence-electron chi connectivity index (χ3n) is 16.2. The van der Waals surface area contributed by atoms with E-state index in [1.54, 1.807) is 0 Å². The van der Waals surface area contributed by atoms with Crippen molar-refractivity contribution in [1.29, 1.82) is 0 Å². The molecule has 17 nitrogen and oxygen atoms in total. The van der Waals surface area contributed by atoms with Crippen molar-refractivity contribution in [1.82, 2.24) is 0 Å². The maximum Gasteiger partial charge on any atom is 0.472 e. The molecule has 3 N–H and O–H groups in total. The van der Waals surface area contributed by atoms with Crippen LogP contribution in [0.3, 0.4) is 0 Å². The van der Waals surface area contributed by atoms with Gasteiger partial charge >= 0.3 is 39.5 Å². The van der Waals surface area contributed by atoms with Crippen molar-refractivity contribution < 1.29 is 80.2 Å². The number of phosphoric acid groups is 2. The maximum absolute atomic E-state index is 13.0. The summed E-state index contributed by atoms with van der Waals surface area (Å²) in [5.41, 5.74) is 0. The Labute approximate surface area is 543 Å². The fourth-order valence-corrected chi connectivity index (χ4v) is 12.2. The second-order valence-corrected chi connectivity index (χ2v) is 29.1. The highest BCUT2D eigenvalue weighted by atomic mass is 31.2. The number of carbonyl (C=O) groups is 4. The number of hydrogen-bond donors (Lipinski definition) is 3. The number of carbonyl (C=O) groups excluding carboxylic acids is 4. The van der Waals surface area contributed by atoms with E-state index in [4.69, 9.17) is 37.0 Å². The predicted molar refractivity (Wildman–Crippen MR) is 358 cm³/mol. The van der Waals surface area contributed by atoms with Crippen LogP contribution in [0, 0.1) is 11.8 Å². The van der Waals surface area contributed by atoms with Crippen molar-refractivity contribution >= 4 is 39.5 Å². The molecule has 0 spiro atoms. The number of rotatable bonds is 69. The Morgan fingerprint density at radius 2 is 0.517 bits per heavy atom. The van der Waals surface area contributed by atoms with Crippen LogP contribution in [0.4, 0.5) is 0 Å². The number of aliphatic hydroxyl groups is 1. The fraction of sp³-hybridized carbons (Fsp3) is 0.943. The molecular formula is C70H136O17P2. The molecule has 0 bridgehead atoms. The summed E-state index contributed by atoms with van der Waals surface area (Å²) in [6.45, 7) is 9.49. The monoisotopic (exact) mass is 1310 g/mol. The van der Waals surface area contributed by atoms with Gasteiger partial charge in [0.15, 0.2) is 12.2 Å². The van der Waals surface area contributed by atoms with Gasteiger partial charge in [-0.1, -0.05) is 305 Å². The van der Waals surface area contributed by atoms with Crippen molar-refractivity contribution in [3.8, 4) is 0 Å². The average Bonchev–Trinajstić information content (AvgIpc) is 3.56. The number of phosphoric ester groups is 2. The topological polar surface area (TPSA) is 237 Å². The lowest BCUT2D eigenvalue weighted by Crippen LogP contribution is -2.30. The summed E-state index contributed by atoms with van der Waals surface area (Å²) >= 11 is 0. The Kier molecular flexibility index (Phi) is 60.8. The molecule has 0 radical (unpaired) electrons. The molecule has 528 valence electrons. The Bertz CT molecular complexity index is 1730. The molecule has 0 aromatic carbocycles. The minimum Gasteiger partial charge on any atom is -0.462 e. The SMILES string of the molecule is CCCCCCCCCCCCCCCCCC(=O)O[C@H](COC(=O)CCCCCCCCCCCC(C)C)COP(=O)(O)OC[C@@H](O)COP(=O)(O)OC[C@@H](COC(=O)CCCCCCCCCCCCC)OC(=O)CCCCCCCCCCC(C)C. The summed E-state index contributed by atoms with van der Waals surface area (Å²) in [6.07, 6.45) is 47.1. The quantitative estimate of drug-likeness (QED) is 0.0222. The van der Waals surface area contributed by atoms with Crippen LogP contribution < -0.4 is 0 Å². The zero-order chi connectivity index (χ0) is 65.7. The van der Waals surface area contributed by atoms with Gasteiger partial charge in [0.25, 0.3) is 0 Å². The maximum atomic E-state index is 13.0. The number of esters is 4. The van der Waals surface area contributed by atoms with Gasteiger partial charge in [-0.05, 0) is 37.5 Å². The van der Waals surface area contributed by atoms with Crippen molar-refractivity contribution in [3.63, 3.8) is 0 Å². The normalized spacial score (nSPS) is 14.1. The minimum absolute atomic E-state index is 0.105. The molecule has 0 heterocycles. The van der Waals surface area contributed by atoms with E-state index in [1.165, 1.54) is 173 Å². The lowest BCUT2D eigenvalue weighted by Gasteiger charge is -2.21. The van der Waals surface area contributed by atoms with Gasteiger partial charge in [0.2, 0.25) is 0 Å². The van der Waals surface area contributed by atoms with Crippen LogP contribution >= 0.6 is 15.6 Å². The van der Waals surface area contributed by atoms with Crippen molar-refractivity contribution in [2.24, 2.45) is 11.8 Å². The molecular weight excluding hydrogens is 1170 g/mol. The van der Waals surface area contributed by atoms with Gasteiger partial charge in [0.1, 0.15) is 19.3 Å². The molecule has 0 aliphatic heterocycles. The van der Waals surface area contributed by atoms with E-state index in [1.807, 2.05) is 0 Å². The summed E-state index contributed by atoms with van der Waals surface area (Å²) in [5, 5.41) is 10.6. The first kappa shape index (κ1) is 87.1. The van der Waals surface area contributed by atoms with Crippen LogP contribution in [0.25, 0.3) is 0 Å². The van der Waals surface area contributed by atoms with Gasteiger partial charge < -0.3 is 33.8 Å². The first-order chi connectivity index (χ1) is 42.9. The van der Waals surface area contributed by atoms with E-state index in [-0.39, 0.29) is 25.7 Å². The highest BCUT2D eigenvalue weighted by Crippen LogP contribution is 2.45. The molecule has 89 heavy (non-hydrogen) atoms. The van der Waals surface area contributed by atoms with Crippen molar-refractivity contribution in [2.45, 2.75) is 374 Å². The van der Waals surface area contributed by atoms with Crippen LogP contribution in [-0.2, 0) is 65.4 Å². The Hall–Kier alpha value is -1.94. The van der Waals surface area contributed by atoms with Gasteiger partial charge in [-0.3, -0.25) is 37.3 Å². The second-order valence-electron chi connectivity index (χ2n) is 26.2. The van der Waals surface area contributed by atoms with E-state index in [0.29, 0.717) is 25.7 Å². The number of aliphatic hydroxyl groups excluding tert-OH is 1. The Morgan fingerprint density at radius 3 is 0.764 bits per heavy atom. The zero-order valence-electron chi connectivity index (χ0n) is 57.7. The molecule has 0 amide bonds. The first-order valence-corrected chi connectivity index (χ1v) is 39.5. The van der Waals surface area contributed by atoms with Crippen LogP contribution in [-0.4, -0.2) is 96.7 Å². The molecule has 0 saturated carbocycles. The smallest absolute Gasteiger partial charge is 0.462 e. The summed E-state index contributed by atoms with van der Waals surface area (Å²) < 4.78 is 68.3. The van der Waals surface area contributed by atoms with E-state index in [0.717, 1.165) is 102 Å². The van der Waals surface area contributed by atoms with Crippen molar-refractivity contribution in [2.75, 3.05) is 39.6 Å². The zero-order valence-corrected chi connectivity index (χ0v) is 59.5. The lowest BCUT2D eigenvalue weighted by atomic mass is 10.0. The lowest BCUT2D eigenvalue weighted by molar-refractivity contribution is -0.161. The third kappa shape index (κ3) is 64.6. The fourth-order valence-electron chi connectivity index (χ4n) is 10.6. The van der Waals surface area contributed by atoms with Crippen LogP contribution in [0.5, 0.6) is 0 Å². The van der Waals surface area contributed by atoms with E-state index < -0.39 is 97.5 Å². The van der Waals surface area contributed by atoms with E-state index in [9.17, 15) is 43.2 Å². The van der Waals surface area contributed by atoms with Gasteiger partial charge in [-0.25, -0.2) is 9.13 Å². The standard InChI is InChI=1S/C70H136O17P2/c1-7-9-11-13-15-17-19-20-21-22-24-28-36-42-48-54-69(74)86-65(58-81-68(73)53-47-41-35-29-25-26-32-38-44-50-62(3)4)60-84-88(76,77)82-56-64(71)57-83-89(78,79)85-61-66(87-70(75)55-49-43-37-31-30-33-39-45-51-63(5)6)59-80-67(72)52-46-40-34-27-23-18-16-14-12-10-8-2/h62-66,71H,7-61H2,1-6H3,(H,76,77)(H,78,79)/t64-,65-,66-/m1/s1. The predicted octanol–water partition coefficient (Wildman–Crippen LogP) is 20.0. The van der Waals surface area contributed by atoms with Crippen LogP contribution in [0.15, 0.2) is 0 Å². The summed E-state index contributed by atoms with van der Waals surface area (Å²) in [6, 6.07) is 0. The highest BCUT2D eigenvalue weighted by Gasteiger charge is 2.30. The van der Waals surface area contributed by atoms with Crippen molar-refractivity contribution in [3.05, 3.63) is 0 Å². The summed E-state index contributed by atoms with van der Waals surface area (Å²) in [4.78, 5) is 72.5. The van der Waals surface area contributed by atoms with E-state index >= 15 is 0 Å². The summed E-state index contributed by atoms with van der Waals surface area (Å²) in [7, 11) is -9.90. The third-order valence-corrected chi connectivity index (χ3v) is 18.1. The molecule has 0 saturated heterocycles. The Morgan fingerprint density at radius 1 is 0.303 bits per heavy atom. The molecule has 0 aromatic rings. The largest absolute Gasteiger partial charge is 0.472 e. The van der Waals surface area contributed by atoms with E-state index in [2.05, 4.69) is 41.5 Å². The second kappa shape index (κ2) is 62.2. The Balaban J connectivity index is 5.25. The molecule has 19 heteroatoms. The number of hydrogen-bond acceptors (Lipinski definition) is 15. The van der Waals surface area contributed by atoms with Gasteiger partial charge in [-0.2, -0.15) is 0 Å². The molecule has 0 rings (SSSR count). The van der Waals surface area contributed by atoms with Gasteiger partial charge in [0.05, 0.1) is 26.4 Å². The number of ether oxygens (including phenoxy) is 4. The molecule has 0 aromatic heterocycles. The molecule has 0 aliphatic rings. The first-order valence-electron chi connectivity index (χ1n) is 36.5. The molecule has 0 fully saturated rings. The number of unbranched alkanes of at least 4 members (excludes halogenated alkanes) is 39. The molecule has 5 atom stereocenters.